The summed E-state index contributed by atoms with van der Waals surface area (Å²) in [6, 6.07) is 22.3. The fraction of sp³-hybridized carbons (Fsp3) is 0.0870. The Morgan fingerprint density at radius 3 is 2.09 bits per heavy atom. The van der Waals surface area contributed by atoms with Gasteiger partial charge in [0.1, 0.15) is 6.54 Å². The maximum atomic E-state index is 13.5. The Hall–Kier alpha value is -4.53. The lowest BCUT2D eigenvalue weighted by Crippen LogP contribution is -2.45. The molecule has 0 saturated carbocycles. The number of nitro benzene ring substituents is 1. The van der Waals surface area contributed by atoms with Crippen LogP contribution in [0, 0.1) is 10.1 Å². The Labute approximate surface area is 182 Å². The average Bonchev–Trinajstić information content (AvgIpc) is 3.06. The van der Waals surface area contributed by atoms with Gasteiger partial charge in [0, 0.05) is 17.8 Å². The molecule has 9 heteroatoms. The van der Waals surface area contributed by atoms with Gasteiger partial charge in [-0.3, -0.25) is 24.6 Å². The number of amides is 4. The van der Waals surface area contributed by atoms with Gasteiger partial charge in [0.15, 0.2) is 5.54 Å². The normalized spacial score (nSPS) is 14.7. The first kappa shape index (κ1) is 20.7. The summed E-state index contributed by atoms with van der Waals surface area (Å²) in [5.41, 5.74) is -0.346. The number of carbonyl (C=O) groups is 3. The van der Waals surface area contributed by atoms with Crippen molar-refractivity contribution < 1.29 is 19.3 Å². The molecule has 0 unspecified atom stereocenters. The van der Waals surface area contributed by atoms with Gasteiger partial charge >= 0.3 is 6.03 Å². The van der Waals surface area contributed by atoms with E-state index in [0.29, 0.717) is 11.1 Å². The van der Waals surface area contributed by atoms with Crippen molar-refractivity contribution in [2.75, 3.05) is 11.9 Å². The Bertz CT molecular complexity index is 1160. The third-order valence-electron chi connectivity index (χ3n) is 5.16. The van der Waals surface area contributed by atoms with Gasteiger partial charge in [0.2, 0.25) is 5.91 Å². The van der Waals surface area contributed by atoms with Crippen LogP contribution in [-0.4, -0.2) is 34.2 Å². The van der Waals surface area contributed by atoms with Crippen LogP contribution in [0.5, 0.6) is 0 Å². The summed E-state index contributed by atoms with van der Waals surface area (Å²) in [5, 5.41) is 16.2. The highest BCUT2D eigenvalue weighted by Crippen LogP contribution is 2.35. The monoisotopic (exact) mass is 430 g/mol. The van der Waals surface area contributed by atoms with Gasteiger partial charge in [0.25, 0.3) is 11.6 Å². The lowest BCUT2D eigenvalue weighted by molar-refractivity contribution is -0.384. The number of carbonyl (C=O) groups excluding carboxylic acids is 3. The summed E-state index contributed by atoms with van der Waals surface area (Å²) in [7, 11) is 0. The standard InChI is InChI=1S/C23H18N4O5/c28-20(24-18-12-7-13-19(14-18)27(31)32)15-26-21(29)23(25-22(26)30,16-8-3-1-4-9-16)17-10-5-2-6-11-17/h1-14H,15H2,(H,24,28)(H,25,30). The van der Waals surface area contributed by atoms with E-state index in [1.54, 1.807) is 60.7 Å². The Morgan fingerprint density at radius 2 is 1.53 bits per heavy atom. The second-order valence-corrected chi connectivity index (χ2v) is 7.16. The van der Waals surface area contributed by atoms with Crippen molar-refractivity contribution in [3.63, 3.8) is 0 Å². The van der Waals surface area contributed by atoms with Gasteiger partial charge in [-0.05, 0) is 17.2 Å². The van der Waals surface area contributed by atoms with E-state index in [1.807, 2.05) is 0 Å². The van der Waals surface area contributed by atoms with E-state index in [2.05, 4.69) is 10.6 Å². The third kappa shape index (κ3) is 3.67. The smallest absolute Gasteiger partial charge is 0.324 e. The van der Waals surface area contributed by atoms with Crippen LogP contribution in [0.25, 0.3) is 0 Å². The number of nitrogens with one attached hydrogen (secondary N) is 2. The molecule has 32 heavy (non-hydrogen) atoms. The first-order valence-electron chi connectivity index (χ1n) is 9.71. The summed E-state index contributed by atoms with van der Waals surface area (Å²) >= 11 is 0. The van der Waals surface area contributed by atoms with Crippen molar-refractivity contribution in [1.29, 1.82) is 0 Å². The van der Waals surface area contributed by atoms with Crippen LogP contribution < -0.4 is 10.6 Å². The van der Waals surface area contributed by atoms with Crippen molar-refractivity contribution >= 4 is 29.2 Å². The largest absolute Gasteiger partial charge is 0.326 e. The number of benzene rings is 3. The molecule has 1 heterocycles. The van der Waals surface area contributed by atoms with Crippen molar-refractivity contribution in [2.24, 2.45) is 0 Å². The van der Waals surface area contributed by atoms with Gasteiger partial charge < -0.3 is 10.6 Å². The molecule has 1 aliphatic heterocycles. The molecular formula is C23H18N4O5. The van der Waals surface area contributed by atoms with Gasteiger partial charge in [-0.1, -0.05) is 66.7 Å². The van der Waals surface area contributed by atoms with Gasteiger partial charge in [-0.15, -0.1) is 0 Å². The SMILES string of the molecule is O=C(CN1C(=O)NC(c2ccccc2)(c2ccccc2)C1=O)Nc1cccc([N+](=O)[O-])c1. The molecular weight excluding hydrogens is 412 g/mol. The van der Waals surface area contributed by atoms with Crippen molar-refractivity contribution in [2.45, 2.75) is 5.54 Å². The molecule has 1 saturated heterocycles. The minimum Gasteiger partial charge on any atom is -0.324 e. The molecule has 0 bridgehead atoms. The van der Waals surface area contributed by atoms with Crippen LogP contribution in [0.3, 0.4) is 0 Å². The quantitative estimate of drug-likeness (QED) is 0.354. The highest BCUT2D eigenvalue weighted by atomic mass is 16.6. The van der Waals surface area contributed by atoms with E-state index < -0.39 is 34.9 Å². The molecule has 4 amide bonds. The summed E-state index contributed by atoms with van der Waals surface area (Å²) in [6.07, 6.45) is 0. The second kappa shape index (κ2) is 8.31. The number of hydrogen-bond donors (Lipinski definition) is 2. The molecule has 0 aliphatic carbocycles. The number of anilines is 1. The number of imide groups is 1. The van der Waals surface area contributed by atoms with Crippen molar-refractivity contribution in [3.05, 3.63) is 106 Å². The van der Waals surface area contributed by atoms with E-state index in [9.17, 15) is 24.5 Å². The van der Waals surface area contributed by atoms with Crippen LogP contribution in [0.15, 0.2) is 84.9 Å². The van der Waals surface area contributed by atoms with E-state index in [1.165, 1.54) is 24.3 Å². The molecule has 0 spiro atoms. The lowest BCUT2D eigenvalue weighted by atomic mass is 9.82. The zero-order valence-electron chi connectivity index (χ0n) is 16.7. The first-order chi connectivity index (χ1) is 15.4. The molecule has 4 rings (SSSR count). The van der Waals surface area contributed by atoms with Gasteiger partial charge in [-0.25, -0.2) is 4.79 Å². The zero-order valence-corrected chi connectivity index (χ0v) is 16.7. The van der Waals surface area contributed by atoms with Crippen LogP contribution in [0.1, 0.15) is 11.1 Å². The Morgan fingerprint density at radius 1 is 0.938 bits per heavy atom. The molecule has 1 aliphatic rings. The zero-order chi connectivity index (χ0) is 22.7. The molecule has 1 fully saturated rings. The molecule has 9 nitrogen and oxygen atoms in total. The third-order valence-corrected chi connectivity index (χ3v) is 5.16. The average molecular weight is 430 g/mol. The van der Waals surface area contributed by atoms with E-state index in [-0.39, 0.29) is 11.4 Å². The van der Waals surface area contributed by atoms with Crippen LogP contribution >= 0.6 is 0 Å². The van der Waals surface area contributed by atoms with Crippen molar-refractivity contribution in [1.82, 2.24) is 10.2 Å². The number of nitro groups is 1. The Balaban J connectivity index is 1.62. The van der Waals surface area contributed by atoms with Crippen molar-refractivity contribution in [3.8, 4) is 0 Å². The number of rotatable bonds is 6. The summed E-state index contributed by atoms with van der Waals surface area (Å²) in [5.74, 6) is -1.25. The molecule has 2 N–H and O–H groups in total. The van der Waals surface area contributed by atoms with Crippen LogP contribution in [0.2, 0.25) is 0 Å². The highest BCUT2D eigenvalue weighted by molar-refractivity contribution is 6.12. The van der Waals surface area contributed by atoms with E-state index in [0.717, 1.165) is 4.90 Å². The fourth-order valence-electron chi connectivity index (χ4n) is 3.70. The molecule has 160 valence electrons. The predicted molar refractivity (Wildman–Crippen MR) is 116 cm³/mol. The van der Waals surface area contributed by atoms with Gasteiger partial charge in [0.05, 0.1) is 4.92 Å². The minimum atomic E-state index is -1.47. The number of non-ortho nitro benzene ring substituents is 1. The lowest BCUT2D eigenvalue weighted by Gasteiger charge is -2.28. The van der Waals surface area contributed by atoms with Crippen LogP contribution in [0.4, 0.5) is 16.2 Å². The first-order valence-corrected chi connectivity index (χ1v) is 9.71. The van der Waals surface area contributed by atoms with Crippen LogP contribution in [-0.2, 0) is 15.1 Å². The summed E-state index contributed by atoms with van der Waals surface area (Å²) in [4.78, 5) is 50.1. The molecule has 0 aromatic heterocycles. The molecule has 0 atom stereocenters. The van der Waals surface area contributed by atoms with E-state index in [4.69, 9.17) is 0 Å². The summed E-state index contributed by atoms with van der Waals surface area (Å²) in [6.45, 7) is -0.547. The number of hydrogen-bond acceptors (Lipinski definition) is 5. The highest BCUT2D eigenvalue weighted by Gasteiger charge is 2.54. The topological polar surface area (TPSA) is 122 Å². The molecule has 0 radical (unpaired) electrons. The number of urea groups is 1. The fourth-order valence-corrected chi connectivity index (χ4v) is 3.70. The predicted octanol–water partition coefficient (Wildman–Crippen LogP) is 3.03. The Kier molecular flexibility index (Phi) is 5.38. The molecule has 3 aromatic rings. The minimum absolute atomic E-state index is 0.189. The second-order valence-electron chi connectivity index (χ2n) is 7.16. The maximum absolute atomic E-state index is 13.5. The molecule has 3 aromatic carbocycles. The number of nitrogens with zero attached hydrogens (tertiary/aromatic N) is 2. The maximum Gasteiger partial charge on any atom is 0.326 e. The van der Waals surface area contributed by atoms with E-state index >= 15 is 0 Å². The summed E-state index contributed by atoms with van der Waals surface area (Å²) < 4.78 is 0. The van der Waals surface area contributed by atoms with Gasteiger partial charge in [-0.2, -0.15) is 0 Å².